The van der Waals surface area contributed by atoms with Gasteiger partial charge in [0.25, 0.3) is 0 Å². The molecule has 2 N–H and O–H groups in total. The summed E-state index contributed by atoms with van der Waals surface area (Å²) in [5, 5.41) is 6.01. The smallest absolute Gasteiger partial charge is 0.106 e. The van der Waals surface area contributed by atoms with Crippen LogP contribution in [0.5, 0.6) is 0 Å². The van der Waals surface area contributed by atoms with Crippen LogP contribution in [0.4, 0.5) is 0 Å². The first kappa shape index (κ1) is 10.2. The molecule has 1 nitrogen and oxygen atoms in total. The molecule has 0 atom stereocenters. The third-order valence-corrected chi connectivity index (χ3v) is 4.64. The number of nitrogens with two attached hydrogens (primary N) is 1. The summed E-state index contributed by atoms with van der Waals surface area (Å²) in [5.74, 6) is 1.61. The van der Waals surface area contributed by atoms with E-state index in [0.717, 1.165) is 11.8 Å². The van der Waals surface area contributed by atoms with Gasteiger partial charge < -0.3 is 5.40 Å². The average molecular weight is 159 g/mol. The van der Waals surface area contributed by atoms with E-state index in [1.807, 2.05) is 0 Å². The van der Waals surface area contributed by atoms with Gasteiger partial charge >= 0.3 is 0 Å². The number of hydrogen-bond acceptors (Lipinski definition) is 1. The van der Waals surface area contributed by atoms with E-state index in [-0.39, 0.29) is 0 Å². The summed E-state index contributed by atoms with van der Waals surface area (Å²) in [5.41, 5.74) is 0. The molecule has 62 valence electrons. The first-order valence-electron chi connectivity index (χ1n) is 4.28. The average Bonchev–Trinajstić information content (AvgIpc) is 1.58. The summed E-state index contributed by atoms with van der Waals surface area (Å²) in [6, 6.07) is 2.61. The monoisotopic (exact) mass is 159 g/mol. The van der Waals surface area contributed by atoms with Crippen molar-refractivity contribution in [2.24, 2.45) is 17.2 Å². The Kier molecular flexibility index (Phi) is 5.00. The fourth-order valence-corrected chi connectivity index (χ4v) is 3.92. The molecule has 0 amide bonds. The summed E-state index contributed by atoms with van der Waals surface area (Å²) >= 11 is 0. The topological polar surface area (TPSA) is 26.0 Å². The molecule has 0 radical (unpaired) electrons. The van der Waals surface area contributed by atoms with Crippen molar-refractivity contribution in [2.75, 3.05) is 0 Å². The minimum Gasteiger partial charge on any atom is -0.353 e. The van der Waals surface area contributed by atoms with Crippen molar-refractivity contribution < 1.29 is 0 Å². The molecule has 0 aromatic carbocycles. The summed E-state index contributed by atoms with van der Waals surface area (Å²) in [4.78, 5) is 0. The first-order chi connectivity index (χ1) is 4.52. The molecule has 0 aliphatic carbocycles. The van der Waals surface area contributed by atoms with Gasteiger partial charge in [-0.1, -0.05) is 27.7 Å². The van der Waals surface area contributed by atoms with Crippen molar-refractivity contribution >= 4 is 8.96 Å². The maximum atomic E-state index is 6.01. The zero-order valence-corrected chi connectivity index (χ0v) is 8.88. The van der Waals surface area contributed by atoms with Gasteiger partial charge in [0.15, 0.2) is 0 Å². The molecule has 10 heavy (non-hydrogen) atoms. The molecule has 0 spiro atoms. The molecule has 0 aliphatic rings. The Morgan fingerprint density at radius 3 is 1.50 bits per heavy atom. The molecule has 0 aromatic rings. The Bertz CT molecular complexity index is 71.3. The Balaban J connectivity index is 3.34. The minimum atomic E-state index is -0.818. The normalized spacial score (nSPS) is 12.0. The summed E-state index contributed by atoms with van der Waals surface area (Å²) in [7, 11) is -0.818. The molecular weight excluding hydrogens is 138 g/mol. The second-order valence-corrected chi connectivity index (χ2v) is 6.48. The summed E-state index contributed by atoms with van der Waals surface area (Å²) in [6.45, 7) is 9.03. The van der Waals surface area contributed by atoms with Crippen molar-refractivity contribution in [3.63, 3.8) is 0 Å². The van der Waals surface area contributed by atoms with Crippen LogP contribution in [-0.4, -0.2) is 8.96 Å². The fraction of sp³-hybridized carbons (Fsp3) is 1.00. The molecule has 0 fully saturated rings. The van der Waals surface area contributed by atoms with Gasteiger partial charge in [0.05, 0.1) is 0 Å². The van der Waals surface area contributed by atoms with Crippen LogP contribution >= 0.6 is 0 Å². The Hall–Kier alpha value is 0.177. The SMILES string of the molecule is CC(C)C[SiH](N)CC(C)C. The molecule has 0 bridgehead atoms. The van der Waals surface area contributed by atoms with E-state index in [1.54, 1.807) is 0 Å². The van der Waals surface area contributed by atoms with Crippen LogP contribution < -0.4 is 5.40 Å². The van der Waals surface area contributed by atoms with Crippen LogP contribution in [0, 0.1) is 11.8 Å². The molecule has 2 heteroatoms. The highest BCUT2D eigenvalue weighted by Crippen LogP contribution is 2.09. The first-order valence-corrected chi connectivity index (χ1v) is 6.58. The molecule has 0 aliphatic heterocycles. The predicted molar refractivity (Wildman–Crippen MR) is 50.6 cm³/mol. The molecule has 0 aromatic heterocycles. The molecule has 0 unspecified atom stereocenters. The van der Waals surface area contributed by atoms with E-state index in [0.29, 0.717) is 0 Å². The molecule has 0 saturated carbocycles. The predicted octanol–water partition coefficient (Wildman–Crippen LogP) is 1.98. The third-order valence-electron chi connectivity index (χ3n) is 1.55. The highest BCUT2D eigenvalue weighted by Gasteiger charge is 2.08. The van der Waals surface area contributed by atoms with E-state index < -0.39 is 8.96 Å². The summed E-state index contributed by atoms with van der Waals surface area (Å²) in [6.07, 6.45) is 0. The lowest BCUT2D eigenvalue weighted by molar-refractivity contribution is 0.689. The lowest BCUT2D eigenvalue weighted by Gasteiger charge is -2.13. The molecule has 0 heterocycles. The van der Waals surface area contributed by atoms with Gasteiger partial charge in [-0.05, 0) is 23.9 Å². The van der Waals surface area contributed by atoms with Crippen LogP contribution in [0.25, 0.3) is 0 Å². The second-order valence-electron chi connectivity index (χ2n) is 4.02. The third kappa shape index (κ3) is 6.30. The number of rotatable bonds is 4. The van der Waals surface area contributed by atoms with Crippen LogP contribution in [0.2, 0.25) is 12.1 Å². The van der Waals surface area contributed by atoms with Crippen molar-refractivity contribution in [1.29, 1.82) is 0 Å². The standard InChI is InChI=1S/C8H21NSi/c1-7(2)5-10(9)6-8(3)4/h7-8,10H,5-6,9H2,1-4H3. The number of hydrogen-bond donors (Lipinski definition) is 1. The van der Waals surface area contributed by atoms with Crippen molar-refractivity contribution in [1.82, 2.24) is 0 Å². The van der Waals surface area contributed by atoms with Crippen molar-refractivity contribution in [3.8, 4) is 0 Å². The highest BCUT2D eigenvalue weighted by molar-refractivity contribution is 6.55. The maximum Gasteiger partial charge on any atom is 0.106 e. The van der Waals surface area contributed by atoms with Gasteiger partial charge in [-0.2, -0.15) is 0 Å². The Morgan fingerprint density at radius 1 is 1.00 bits per heavy atom. The fourth-order valence-electron chi connectivity index (χ4n) is 1.31. The van der Waals surface area contributed by atoms with Gasteiger partial charge in [-0.15, -0.1) is 0 Å². The van der Waals surface area contributed by atoms with E-state index in [9.17, 15) is 0 Å². The lowest BCUT2D eigenvalue weighted by atomic mass is 10.3. The van der Waals surface area contributed by atoms with E-state index >= 15 is 0 Å². The van der Waals surface area contributed by atoms with Crippen LogP contribution in [0.15, 0.2) is 0 Å². The largest absolute Gasteiger partial charge is 0.353 e. The van der Waals surface area contributed by atoms with E-state index in [4.69, 9.17) is 5.40 Å². The van der Waals surface area contributed by atoms with Gasteiger partial charge in [-0.3, -0.25) is 0 Å². The van der Waals surface area contributed by atoms with E-state index in [2.05, 4.69) is 27.7 Å². The van der Waals surface area contributed by atoms with Crippen LogP contribution in [0.1, 0.15) is 27.7 Å². The quantitative estimate of drug-likeness (QED) is 0.624. The Labute approximate surface area is 66.7 Å². The van der Waals surface area contributed by atoms with Gasteiger partial charge in [0.1, 0.15) is 8.96 Å². The Morgan fingerprint density at radius 2 is 1.30 bits per heavy atom. The van der Waals surface area contributed by atoms with Crippen LogP contribution in [0.3, 0.4) is 0 Å². The molecule has 0 saturated heterocycles. The molecule has 0 rings (SSSR count). The van der Waals surface area contributed by atoms with Crippen LogP contribution in [-0.2, 0) is 0 Å². The van der Waals surface area contributed by atoms with Gasteiger partial charge in [0, 0.05) is 0 Å². The van der Waals surface area contributed by atoms with Crippen molar-refractivity contribution in [3.05, 3.63) is 0 Å². The zero-order valence-electron chi connectivity index (χ0n) is 7.72. The zero-order chi connectivity index (χ0) is 8.15. The molecular formula is C8H21NSi. The van der Waals surface area contributed by atoms with Gasteiger partial charge in [-0.25, -0.2) is 0 Å². The highest BCUT2D eigenvalue weighted by atomic mass is 28.3. The summed E-state index contributed by atoms with van der Waals surface area (Å²) < 4.78 is 0. The van der Waals surface area contributed by atoms with Gasteiger partial charge in [0.2, 0.25) is 0 Å². The van der Waals surface area contributed by atoms with E-state index in [1.165, 1.54) is 12.1 Å². The maximum absolute atomic E-state index is 6.01. The minimum absolute atomic E-state index is 0.806. The van der Waals surface area contributed by atoms with Crippen molar-refractivity contribution in [2.45, 2.75) is 39.8 Å². The second kappa shape index (κ2) is 4.91. The lowest BCUT2D eigenvalue weighted by Crippen LogP contribution is -2.28.